The summed E-state index contributed by atoms with van der Waals surface area (Å²) in [5, 5.41) is 31.1. The summed E-state index contributed by atoms with van der Waals surface area (Å²) in [6.45, 7) is -0.0334. The van der Waals surface area contributed by atoms with Crippen LogP contribution in [0.3, 0.4) is 0 Å². The van der Waals surface area contributed by atoms with Gasteiger partial charge in [-0.2, -0.15) is 0 Å². The predicted octanol–water partition coefficient (Wildman–Crippen LogP) is 3.35. The fourth-order valence-corrected chi connectivity index (χ4v) is 2.52. The van der Waals surface area contributed by atoms with Gasteiger partial charge in [0.2, 0.25) is 0 Å². The van der Waals surface area contributed by atoms with Gasteiger partial charge in [0.05, 0.1) is 15.9 Å². The van der Waals surface area contributed by atoms with E-state index in [-0.39, 0.29) is 18.2 Å². The van der Waals surface area contributed by atoms with Crippen molar-refractivity contribution in [3.63, 3.8) is 0 Å². The van der Waals surface area contributed by atoms with Gasteiger partial charge >= 0.3 is 5.69 Å². The quantitative estimate of drug-likeness (QED) is 0.209. The lowest BCUT2D eigenvalue weighted by Gasteiger charge is -2.05. The van der Waals surface area contributed by atoms with Crippen molar-refractivity contribution in [2.45, 2.75) is 12.8 Å². The van der Waals surface area contributed by atoms with E-state index in [0.717, 1.165) is 12.1 Å². The van der Waals surface area contributed by atoms with Crippen LogP contribution >= 0.6 is 0 Å². The fourth-order valence-electron chi connectivity index (χ4n) is 2.52. The van der Waals surface area contributed by atoms with Gasteiger partial charge in [-0.05, 0) is 48.8 Å². The van der Waals surface area contributed by atoms with Gasteiger partial charge in [-0.15, -0.1) is 0 Å². The van der Waals surface area contributed by atoms with Crippen LogP contribution in [0.2, 0.25) is 0 Å². The molecule has 2 rings (SSSR count). The smallest absolute Gasteiger partial charge is 0.301 e. The second-order valence-corrected chi connectivity index (χ2v) is 6.33. The van der Waals surface area contributed by atoms with E-state index in [4.69, 9.17) is 5.11 Å². The zero-order valence-corrected chi connectivity index (χ0v) is 16.9. The Morgan fingerprint density at radius 2 is 1.84 bits per heavy atom. The molecule has 1 amide bonds. The average molecular weight is 439 g/mol. The first-order chi connectivity index (χ1) is 15.4. The van der Waals surface area contributed by atoms with Crippen LogP contribution < -0.4 is 10.9 Å². The van der Waals surface area contributed by atoms with Crippen LogP contribution in [0.5, 0.6) is 0 Å². The molecule has 11 heteroatoms. The van der Waals surface area contributed by atoms with Gasteiger partial charge in [0.1, 0.15) is 5.69 Å². The molecule has 0 spiro atoms. The highest BCUT2D eigenvalue weighted by molar-refractivity contribution is 5.93. The second-order valence-electron chi connectivity index (χ2n) is 6.33. The molecule has 11 nitrogen and oxygen atoms in total. The summed E-state index contributed by atoms with van der Waals surface area (Å²) in [6.07, 6.45) is 7.00. The SMILES string of the molecule is O=C(NN/C=C/C(=C\C=Nc1ccc([N+](=O)[O-])cc1[N+](=O)[O-])CCCO)c1ccccc1. The van der Waals surface area contributed by atoms with Gasteiger partial charge in [-0.1, -0.05) is 18.2 Å². The van der Waals surface area contributed by atoms with E-state index < -0.39 is 21.2 Å². The summed E-state index contributed by atoms with van der Waals surface area (Å²) < 4.78 is 0. The Labute approximate surface area is 183 Å². The zero-order valence-electron chi connectivity index (χ0n) is 16.9. The molecule has 0 saturated heterocycles. The molecule has 0 aromatic heterocycles. The Balaban J connectivity index is 2.08. The number of nitrogens with one attached hydrogen (secondary N) is 2. The van der Waals surface area contributed by atoms with Crippen LogP contribution in [0.25, 0.3) is 0 Å². The lowest BCUT2D eigenvalue weighted by Crippen LogP contribution is -2.33. The van der Waals surface area contributed by atoms with E-state index in [1.165, 1.54) is 18.5 Å². The summed E-state index contributed by atoms with van der Waals surface area (Å²) in [4.78, 5) is 36.5. The van der Waals surface area contributed by atoms with Gasteiger partial charge in [-0.25, -0.2) is 4.99 Å². The van der Waals surface area contributed by atoms with E-state index in [9.17, 15) is 25.0 Å². The predicted molar refractivity (Wildman–Crippen MR) is 118 cm³/mol. The summed E-state index contributed by atoms with van der Waals surface area (Å²) in [7, 11) is 0. The topological polar surface area (TPSA) is 160 Å². The number of aliphatic imine (C=N–C) groups is 1. The molecule has 0 unspecified atom stereocenters. The molecular weight excluding hydrogens is 418 g/mol. The Morgan fingerprint density at radius 1 is 1.09 bits per heavy atom. The van der Waals surface area contributed by atoms with Gasteiger partial charge in [-0.3, -0.25) is 30.4 Å². The summed E-state index contributed by atoms with van der Waals surface area (Å²) in [6, 6.07) is 11.8. The van der Waals surface area contributed by atoms with Gasteiger partial charge in [0, 0.05) is 30.7 Å². The number of hydrogen-bond donors (Lipinski definition) is 3. The largest absolute Gasteiger partial charge is 0.396 e. The van der Waals surface area contributed by atoms with Crippen LogP contribution in [0.15, 0.2) is 77.4 Å². The van der Waals surface area contributed by atoms with E-state index in [1.807, 2.05) is 0 Å². The Kier molecular flexibility index (Phi) is 9.22. The van der Waals surface area contributed by atoms with Gasteiger partial charge < -0.3 is 10.5 Å². The fraction of sp³-hybridized carbons (Fsp3) is 0.143. The third kappa shape index (κ3) is 7.46. The van der Waals surface area contributed by atoms with E-state index >= 15 is 0 Å². The van der Waals surface area contributed by atoms with Gasteiger partial charge in [0.15, 0.2) is 0 Å². The number of hydrazine groups is 1. The van der Waals surface area contributed by atoms with Crippen molar-refractivity contribution < 1.29 is 19.7 Å². The minimum Gasteiger partial charge on any atom is -0.396 e. The van der Waals surface area contributed by atoms with Gasteiger partial charge in [0.25, 0.3) is 11.6 Å². The number of allylic oxidation sites excluding steroid dienone is 3. The summed E-state index contributed by atoms with van der Waals surface area (Å²) in [5.74, 6) is -0.316. The van der Waals surface area contributed by atoms with Crippen molar-refractivity contribution >= 4 is 29.2 Å². The number of aliphatic hydroxyl groups is 1. The molecule has 2 aromatic rings. The number of carbonyl (C=O) groups is 1. The molecule has 0 aliphatic rings. The number of aliphatic hydroxyl groups excluding tert-OH is 1. The van der Waals surface area contributed by atoms with E-state index in [2.05, 4.69) is 15.8 Å². The third-order valence-corrected chi connectivity index (χ3v) is 4.09. The highest BCUT2D eigenvalue weighted by Gasteiger charge is 2.18. The molecule has 0 radical (unpaired) electrons. The molecule has 0 fully saturated rings. The number of nitrogens with zero attached hydrogens (tertiary/aromatic N) is 3. The maximum atomic E-state index is 12.0. The van der Waals surface area contributed by atoms with Crippen molar-refractivity contribution in [1.82, 2.24) is 10.9 Å². The zero-order chi connectivity index (χ0) is 23.3. The first-order valence-electron chi connectivity index (χ1n) is 9.46. The molecule has 32 heavy (non-hydrogen) atoms. The lowest BCUT2D eigenvalue weighted by atomic mass is 10.1. The number of non-ortho nitro benzene ring substituents is 1. The highest BCUT2D eigenvalue weighted by Crippen LogP contribution is 2.30. The van der Waals surface area contributed by atoms with E-state index in [1.54, 1.807) is 42.5 Å². The van der Waals surface area contributed by atoms with Crippen LogP contribution in [-0.2, 0) is 0 Å². The number of nitro groups is 2. The molecule has 0 heterocycles. The first-order valence-corrected chi connectivity index (χ1v) is 9.46. The van der Waals surface area contributed by atoms with Crippen LogP contribution in [0, 0.1) is 20.2 Å². The number of rotatable bonds is 11. The van der Waals surface area contributed by atoms with Crippen molar-refractivity contribution in [3.8, 4) is 0 Å². The number of hydrogen-bond acceptors (Lipinski definition) is 8. The molecule has 0 bridgehead atoms. The summed E-state index contributed by atoms with van der Waals surface area (Å²) in [5.41, 5.74) is 5.45. The number of carbonyl (C=O) groups excluding carboxylic acids is 1. The molecule has 0 aliphatic heterocycles. The monoisotopic (exact) mass is 439 g/mol. The number of nitro benzene ring substituents is 2. The minimum absolute atomic E-state index is 0.0319. The molecule has 0 saturated carbocycles. The van der Waals surface area contributed by atoms with Crippen LogP contribution in [0.1, 0.15) is 23.2 Å². The third-order valence-electron chi connectivity index (χ3n) is 4.09. The van der Waals surface area contributed by atoms with Crippen molar-refractivity contribution in [2.24, 2.45) is 4.99 Å². The van der Waals surface area contributed by atoms with Crippen molar-refractivity contribution in [1.29, 1.82) is 0 Å². The maximum Gasteiger partial charge on any atom is 0.301 e. The molecule has 166 valence electrons. The normalized spacial score (nSPS) is 11.6. The minimum atomic E-state index is -0.741. The first kappa shape index (κ1) is 23.9. The molecule has 2 aromatic carbocycles. The van der Waals surface area contributed by atoms with Crippen LogP contribution in [0.4, 0.5) is 17.1 Å². The van der Waals surface area contributed by atoms with E-state index in [0.29, 0.717) is 24.0 Å². The average Bonchev–Trinajstić information content (AvgIpc) is 2.80. The van der Waals surface area contributed by atoms with Crippen molar-refractivity contribution in [3.05, 3.63) is 98.2 Å². The molecule has 0 atom stereocenters. The Morgan fingerprint density at radius 3 is 2.50 bits per heavy atom. The number of amides is 1. The maximum absolute atomic E-state index is 12.0. The molecular formula is C21H21N5O6. The molecule has 0 aliphatic carbocycles. The Hall–Kier alpha value is -4.38. The second kappa shape index (κ2) is 12.3. The Bertz CT molecular complexity index is 1050. The summed E-state index contributed by atoms with van der Waals surface area (Å²) >= 11 is 0. The van der Waals surface area contributed by atoms with Crippen molar-refractivity contribution in [2.75, 3.05) is 6.61 Å². The highest BCUT2D eigenvalue weighted by atomic mass is 16.6. The number of benzene rings is 2. The van der Waals surface area contributed by atoms with Crippen LogP contribution in [-0.4, -0.2) is 33.7 Å². The molecule has 3 N–H and O–H groups in total. The lowest BCUT2D eigenvalue weighted by molar-refractivity contribution is -0.393. The standard InChI is InChI=1S/C21H21N5O6/c27-14-4-5-16(11-13-23-24-21(28)17-6-2-1-3-7-17)10-12-22-19-9-8-18(25(29)30)15-20(19)26(31)32/h1-3,6-13,15,23,27H,4-5,14H2,(H,24,28)/b13-11+,16-10-,22-12?.